The molecule has 3 N–H and O–H groups in total. The number of nitrogens with two attached hydrogens (primary N) is 1. The van der Waals surface area contributed by atoms with E-state index < -0.39 is 0 Å². The molecule has 1 aromatic carbocycles. The molecule has 4 nitrogen and oxygen atoms in total. The number of aryl methyl sites for hydroxylation is 1. The zero-order chi connectivity index (χ0) is 13.4. The van der Waals surface area contributed by atoms with Gasteiger partial charge in [-0.15, -0.1) is 0 Å². The fourth-order valence-electron chi connectivity index (χ4n) is 1.72. The van der Waals surface area contributed by atoms with Crippen LogP contribution in [0.4, 0.5) is 0 Å². The van der Waals surface area contributed by atoms with E-state index in [-0.39, 0.29) is 11.9 Å². The quantitative estimate of drug-likeness (QED) is 0.770. The molecular weight excluding hydrogens is 228 g/mol. The molecule has 0 saturated carbocycles. The Balaban J connectivity index is 2.33. The van der Waals surface area contributed by atoms with Gasteiger partial charge < -0.3 is 15.8 Å². The second-order valence-electron chi connectivity index (χ2n) is 4.39. The highest BCUT2D eigenvalue weighted by atomic mass is 16.5. The van der Waals surface area contributed by atoms with E-state index in [1.165, 1.54) is 0 Å². The smallest absolute Gasteiger partial charge is 0.220 e. The van der Waals surface area contributed by atoms with Crippen molar-refractivity contribution < 1.29 is 9.53 Å². The van der Waals surface area contributed by atoms with Crippen LogP contribution in [0.3, 0.4) is 0 Å². The summed E-state index contributed by atoms with van der Waals surface area (Å²) in [4.78, 5) is 11.6. The van der Waals surface area contributed by atoms with Crippen molar-refractivity contribution >= 4 is 5.91 Å². The molecule has 0 aliphatic rings. The van der Waals surface area contributed by atoms with Gasteiger partial charge >= 0.3 is 0 Å². The molecule has 0 aliphatic carbocycles. The molecule has 100 valence electrons. The largest absolute Gasteiger partial charge is 0.497 e. The van der Waals surface area contributed by atoms with Gasteiger partial charge in [0.2, 0.25) is 5.91 Å². The molecule has 1 unspecified atom stereocenters. The summed E-state index contributed by atoms with van der Waals surface area (Å²) < 4.78 is 5.08. The van der Waals surface area contributed by atoms with Gasteiger partial charge in [0.05, 0.1) is 7.11 Å². The molecule has 0 aliphatic heterocycles. The number of rotatable bonds is 7. The lowest BCUT2D eigenvalue weighted by atomic mass is 10.1. The fourth-order valence-corrected chi connectivity index (χ4v) is 1.72. The molecule has 0 heterocycles. The summed E-state index contributed by atoms with van der Waals surface area (Å²) in [5.74, 6) is 0.909. The maximum absolute atomic E-state index is 11.6. The monoisotopic (exact) mass is 250 g/mol. The summed E-state index contributed by atoms with van der Waals surface area (Å²) in [7, 11) is 1.64. The topological polar surface area (TPSA) is 64.3 Å². The van der Waals surface area contributed by atoms with Crippen molar-refractivity contribution in [3.05, 3.63) is 29.8 Å². The van der Waals surface area contributed by atoms with Gasteiger partial charge in [-0.25, -0.2) is 0 Å². The van der Waals surface area contributed by atoms with E-state index in [0.717, 1.165) is 24.2 Å². The summed E-state index contributed by atoms with van der Waals surface area (Å²) >= 11 is 0. The normalized spacial score (nSPS) is 11.9. The summed E-state index contributed by atoms with van der Waals surface area (Å²) in [6.07, 6.45) is 2.06. The van der Waals surface area contributed by atoms with Gasteiger partial charge in [0.15, 0.2) is 0 Å². The molecule has 1 aromatic rings. The SMILES string of the molecule is COc1ccc(CCC(=O)NC(C)CCN)cc1. The van der Waals surface area contributed by atoms with Gasteiger partial charge in [0.25, 0.3) is 0 Å². The van der Waals surface area contributed by atoms with E-state index in [1.54, 1.807) is 7.11 Å². The van der Waals surface area contributed by atoms with Crippen LogP contribution in [-0.2, 0) is 11.2 Å². The molecule has 1 rings (SSSR count). The minimum absolute atomic E-state index is 0.0757. The lowest BCUT2D eigenvalue weighted by Gasteiger charge is -2.12. The first kappa shape index (κ1) is 14.5. The van der Waals surface area contributed by atoms with E-state index in [4.69, 9.17) is 10.5 Å². The minimum atomic E-state index is 0.0757. The van der Waals surface area contributed by atoms with E-state index >= 15 is 0 Å². The fraction of sp³-hybridized carbons (Fsp3) is 0.500. The van der Waals surface area contributed by atoms with Crippen molar-refractivity contribution in [2.24, 2.45) is 5.73 Å². The molecule has 18 heavy (non-hydrogen) atoms. The van der Waals surface area contributed by atoms with E-state index in [1.807, 2.05) is 31.2 Å². The van der Waals surface area contributed by atoms with Gasteiger partial charge in [-0.05, 0) is 44.0 Å². The Labute approximate surface area is 109 Å². The summed E-state index contributed by atoms with van der Waals surface area (Å²) in [5.41, 5.74) is 6.57. The van der Waals surface area contributed by atoms with Crippen LogP contribution in [0.15, 0.2) is 24.3 Å². The lowest BCUT2D eigenvalue weighted by Crippen LogP contribution is -2.34. The van der Waals surface area contributed by atoms with Crippen LogP contribution < -0.4 is 15.8 Å². The highest BCUT2D eigenvalue weighted by molar-refractivity contribution is 5.76. The molecule has 1 atom stereocenters. The van der Waals surface area contributed by atoms with Crippen molar-refractivity contribution in [3.8, 4) is 5.75 Å². The first-order valence-corrected chi connectivity index (χ1v) is 6.28. The average molecular weight is 250 g/mol. The maximum Gasteiger partial charge on any atom is 0.220 e. The van der Waals surface area contributed by atoms with Gasteiger partial charge in [0.1, 0.15) is 5.75 Å². The number of hydrogen-bond donors (Lipinski definition) is 2. The zero-order valence-corrected chi connectivity index (χ0v) is 11.1. The van der Waals surface area contributed by atoms with Gasteiger partial charge in [0, 0.05) is 12.5 Å². The van der Waals surface area contributed by atoms with Crippen molar-refractivity contribution in [2.45, 2.75) is 32.2 Å². The Morgan fingerprint density at radius 2 is 2.06 bits per heavy atom. The number of hydrogen-bond acceptors (Lipinski definition) is 3. The number of nitrogens with one attached hydrogen (secondary N) is 1. The molecule has 1 amide bonds. The highest BCUT2D eigenvalue weighted by Gasteiger charge is 2.06. The summed E-state index contributed by atoms with van der Waals surface area (Å²) in [5, 5.41) is 2.93. The second kappa shape index (κ2) is 7.71. The Morgan fingerprint density at radius 3 is 2.61 bits per heavy atom. The first-order valence-electron chi connectivity index (χ1n) is 6.28. The zero-order valence-electron chi connectivity index (χ0n) is 11.1. The Bertz CT molecular complexity index is 363. The minimum Gasteiger partial charge on any atom is -0.497 e. The predicted molar refractivity (Wildman–Crippen MR) is 72.6 cm³/mol. The molecule has 0 fully saturated rings. The van der Waals surface area contributed by atoms with E-state index in [9.17, 15) is 4.79 Å². The first-order chi connectivity index (χ1) is 8.65. The van der Waals surface area contributed by atoms with E-state index in [2.05, 4.69) is 5.32 Å². The number of carbonyl (C=O) groups is 1. The molecular formula is C14H22N2O2. The molecule has 0 saturated heterocycles. The predicted octanol–water partition coefficient (Wildman–Crippen LogP) is 1.48. The Kier molecular flexibility index (Phi) is 6.22. The summed E-state index contributed by atoms with van der Waals surface area (Å²) in [6, 6.07) is 7.93. The van der Waals surface area contributed by atoms with Crippen molar-refractivity contribution in [1.82, 2.24) is 5.32 Å². The van der Waals surface area contributed by atoms with E-state index in [0.29, 0.717) is 13.0 Å². The van der Waals surface area contributed by atoms with Crippen LogP contribution >= 0.6 is 0 Å². The highest BCUT2D eigenvalue weighted by Crippen LogP contribution is 2.12. The van der Waals surface area contributed by atoms with Gasteiger partial charge in [-0.3, -0.25) is 4.79 Å². The number of amides is 1. The number of carbonyl (C=O) groups excluding carboxylic acids is 1. The number of methoxy groups -OCH3 is 1. The van der Waals surface area contributed by atoms with Crippen LogP contribution in [0.2, 0.25) is 0 Å². The van der Waals surface area contributed by atoms with Crippen LogP contribution in [0, 0.1) is 0 Å². The van der Waals surface area contributed by atoms with Gasteiger partial charge in [-0.1, -0.05) is 12.1 Å². The standard InChI is InChI=1S/C14H22N2O2/c1-11(9-10-15)16-14(17)8-5-12-3-6-13(18-2)7-4-12/h3-4,6-7,11H,5,8-10,15H2,1-2H3,(H,16,17). The molecule has 0 aromatic heterocycles. The molecule has 0 bridgehead atoms. The number of benzene rings is 1. The lowest BCUT2D eigenvalue weighted by molar-refractivity contribution is -0.121. The van der Waals surface area contributed by atoms with Crippen molar-refractivity contribution in [2.75, 3.05) is 13.7 Å². The molecule has 0 spiro atoms. The average Bonchev–Trinajstić information content (AvgIpc) is 2.37. The number of ether oxygens (including phenoxy) is 1. The van der Waals surface area contributed by atoms with Crippen LogP contribution in [-0.4, -0.2) is 25.6 Å². The Morgan fingerprint density at radius 1 is 1.39 bits per heavy atom. The second-order valence-corrected chi connectivity index (χ2v) is 4.39. The maximum atomic E-state index is 11.6. The van der Waals surface area contributed by atoms with Crippen LogP contribution in [0.25, 0.3) is 0 Å². The third-order valence-corrected chi connectivity index (χ3v) is 2.81. The van der Waals surface area contributed by atoms with Crippen molar-refractivity contribution in [3.63, 3.8) is 0 Å². The third kappa shape index (κ3) is 5.19. The van der Waals surface area contributed by atoms with Crippen LogP contribution in [0.5, 0.6) is 5.75 Å². The van der Waals surface area contributed by atoms with Gasteiger partial charge in [-0.2, -0.15) is 0 Å². The molecule has 4 heteroatoms. The van der Waals surface area contributed by atoms with Crippen molar-refractivity contribution in [1.29, 1.82) is 0 Å². The molecule has 0 radical (unpaired) electrons. The third-order valence-electron chi connectivity index (χ3n) is 2.81. The Hall–Kier alpha value is -1.55. The van der Waals surface area contributed by atoms with Crippen LogP contribution in [0.1, 0.15) is 25.3 Å². The summed E-state index contributed by atoms with van der Waals surface area (Å²) in [6.45, 7) is 2.57.